The van der Waals surface area contributed by atoms with Crippen molar-refractivity contribution < 1.29 is 19.0 Å². The van der Waals surface area contributed by atoms with Crippen LogP contribution < -0.4 is 20.4 Å². The number of aromatic hydroxyl groups is 1. The molecule has 0 saturated carbocycles. The van der Waals surface area contributed by atoms with Crippen LogP contribution in [0.1, 0.15) is 28.9 Å². The van der Waals surface area contributed by atoms with Crippen LogP contribution in [0.2, 0.25) is 0 Å². The van der Waals surface area contributed by atoms with Crippen molar-refractivity contribution in [1.29, 1.82) is 0 Å². The predicted octanol–water partition coefficient (Wildman–Crippen LogP) is 2.52. The second kappa shape index (κ2) is 9.22. The standard InChI is InChI=1S/C26H29FN4O4/c1-16-15-35-25-22-19(13-21(27)23(25)30-11-9-29(2)10-12-30)24(33)20(14-31(16)22)26(34)28-8-7-17-3-5-18(32)6-4-17/h3-6,13-14,16,32H,7-12,15H2,1-2H3,(H,28,34)/t16-/m0/s1. The molecule has 9 heteroatoms. The van der Waals surface area contributed by atoms with Crippen LogP contribution in [0.15, 0.2) is 41.3 Å². The highest BCUT2D eigenvalue weighted by Crippen LogP contribution is 2.42. The van der Waals surface area contributed by atoms with E-state index in [-0.39, 0.29) is 22.7 Å². The van der Waals surface area contributed by atoms with Crippen LogP contribution in [0.5, 0.6) is 11.5 Å². The first-order valence-electron chi connectivity index (χ1n) is 11.9. The van der Waals surface area contributed by atoms with Crippen LogP contribution >= 0.6 is 0 Å². The van der Waals surface area contributed by atoms with Crippen molar-refractivity contribution in [2.45, 2.75) is 19.4 Å². The summed E-state index contributed by atoms with van der Waals surface area (Å²) in [4.78, 5) is 30.4. The normalized spacial score (nSPS) is 17.9. The van der Waals surface area contributed by atoms with E-state index in [4.69, 9.17) is 4.74 Å². The zero-order chi connectivity index (χ0) is 24.7. The number of piperazine rings is 1. The number of phenolic OH excluding ortho intramolecular Hbond substituents is 1. The summed E-state index contributed by atoms with van der Waals surface area (Å²) in [6.07, 6.45) is 2.12. The van der Waals surface area contributed by atoms with Gasteiger partial charge in [0, 0.05) is 38.9 Å². The number of aromatic nitrogens is 1. The highest BCUT2D eigenvalue weighted by molar-refractivity contribution is 6.00. The van der Waals surface area contributed by atoms with E-state index in [0.717, 1.165) is 18.7 Å². The second-order valence-corrected chi connectivity index (χ2v) is 9.33. The molecule has 3 heterocycles. The Labute approximate surface area is 202 Å². The lowest BCUT2D eigenvalue weighted by molar-refractivity contribution is 0.0952. The minimum atomic E-state index is -0.514. The maximum Gasteiger partial charge on any atom is 0.256 e. The summed E-state index contributed by atoms with van der Waals surface area (Å²) in [7, 11) is 2.03. The van der Waals surface area contributed by atoms with Crippen LogP contribution in [0.25, 0.3) is 10.9 Å². The summed E-state index contributed by atoms with van der Waals surface area (Å²) in [5.74, 6) is -0.459. The monoisotopic (exact) mass is 480 g/mol. The first-order valence-corrected chi connectivity index (χ1v) is 11.9. The van der Waals surface area contributed by atoms with Crippen LogP contribution in [0, 0.1) is 5.82 Å². The topological polar surface area (TPSA) is 87.0 Å². The largest absolute Gasteiger partial charge is 0.508 e. The smallest absolute Gasteiger partial charge is 0.256 e. The van der Waals surface area contributed by atoms with Crippen molar-refractivity contribution in [2.24, 2.45) is 0 Å². The lowest BCUT2D eigenvalue weighted by Gasteiger charge is -2.37. The van der Waals surface area contributed by atoms with Crippen LogP contribution in [-0.2, 0) is 6.42 Å². The lowest BCUT2D eigenvalue weighted by Crippen LogP contribution is -2.45. The van der Waals surface area contributed by atoms with Crippen molar-refractivity contribution in [3.05, 3.63) is 63.7 Å². The molecule has 2 aliphatic rings. The number of nitrogens with one attached hydrogen (secondary N) is 1. The number of rotatable bonds is 5. The fraction of sp³-hybridized carbons (Fsp3) is 0.385. The average molecular weight is 481 g/mol. The van der Waals surface area contributed by atoms with Crippen molar-refractivity contribution >= 4 is 22.5 Å². The van der Waals surface area contributed by atoms with Gasteiger partial charge < -0.3 is 29.5 Å². The number of pyridine rings is 1. The summed E-state index contributed by atoms with van der Waals surface area (Å²) >= 11 is 0. The Morgan fingerprint density at radius 3 is 2.63 bits per heavy atom. The molecule has 184 valence electrons. The zero-order valence-corrected chi connectivity index (χ0v) is 19.9. The van der Waals surface area contributed by atoms with Gasteiger partial charge in [-0.25, -0.2) is 4.39 Å². The first-order chi connectivity index (χ1) is 16.8. The zero-order valence-electron chi connectivity index (χ0n) is 19.9. The number of ether oxygens (including phenoxy) is 1. The van der Waals surface area contributed by atoms with Crippen molar-refractivity contribution in [3.63, 3.8) is 0 Å². The molecular weight excluding hydrogens is 451 g/mol. The van der Waals surface area contributed by atoms with Crippen LogP contribution in [0.3, 0.4) is 0 Å². The summed E-state index contributed by atoms with van der Waals surface area (Å²) in [5, 5.41) is 12.3. The number of phenols is 1. The maximum atomic E-state index is 15.4. The third-order valence-corrected chi connectivity index (χ3v) is 6.84. The van der Waals surface area contributed by atoms with Gasteiger partial charge in [-0.05, 0) is 44.2 Å². The fourth-order valence-electron chi connectivity index (χ4n) is 4.78. The van der Waals surface area contributed by atoms with E-state index >= 15 is 4.39 Å². The van der Waals surface area contributed by atoms with E-state index in [0.29, 0.717) is 49.6 Å². The van der Waals surface area contributed by atoms with E-state index in [1.807, 2.05) is 23.4 Å². The van der Waals surface area contributed by atoms with Gasteiger partial charge in [0.15, 0.2) is 11.6 Å². The number of carbonyl (C=O) groups excluding carboxylic acids is 1. The highest BCUT2D eigenvalue weighted by atomic mass is 19.1. The Balaban J connectivity index is 1.48. The molecule has 5 rings (SSSR count). The fourth-order valence-corrected chi connectivity index (χ4v) is 4.78. The number of hydrogen-bond donors (Lipinski definition) is 2. The molecule has 2 aliphatic heterocycles. The maximum absolute atomic E-state index is 15.4. The molecule has 1 saturated heterocycles. The molecule has 0 radical (unpaired) electrons. The molecule has 0 spiro atoms. The Kier molecular flexibility index (Phi) is 6.10. The molecule has 2 aromatic carbocycles. The van der Waals surface area contributed by atoms with Gasteiger partial charge in [-0.2, -0.15) is 0 Å². The second-order valence-electron chi connectivity index (χ2n) is 9.33. The van der Waals surface area contributed by atoms with E-state index in [9.17, 15) is 14.7 Å². The quantitative estimate of drug-likeness (QED) is 0.584. The molecule has 0 aliphatic carbocycles. The molecular formula is C26H29FN4O4. The predicted molar refractivity (Wildman–Crippen MR) is 132 cm³/mol. The number of nitrogens with zero attached hydrogens (tertiary/aromatic N) is 3. The molecule has 1 atom stereocenters. The summed E-state index contributed by atoms with van der Waals surface area (Å²) in [6, 6.07) is 7.86. The SMILES string of the molecule is C[C@H]1COc2c(N3CCN(C)CC3)c(F)cc3c(=O)c(C(=O)NCCc4ccc(O)cc4)cn1c23. The van der Waals surface area contributed by atoms with Gasteiger partial charge in [-0.15, -0.1) is 0 Å². The summed E-state index contributed by atoms with van der Waals surface area (Å²) in [5.41, 5.74) is 1.33. The first kappa shape index (κ1) is 23.2. The Morgan fingerprint density at radius 2 is 1.91 bits per heavy atom. The molecule has 35 heavy (non-hydrogen) atoms. The molecule has 1 aromatic heterocycles. The number of anilines is 1. The van der Waals surface area contributed by atoms with Crippen LogP contribution in [0.4, 0.5) is 10.1 Å². The number of amides is 1. The lowest BCUT2D eigenvalue weighted by atomic mass is 10.0. The summed E-state index contributed by atoms with van der Waals surface area (Å²) in [6.45, 7) is 5.52. The molecule has 2 N–H and O–H groups in total. The number of benzene rings is 2. The third kappa shape index (κ3) is 4.32. The van der Waals surface area contributed by atoms with Crippen molar-refractivity contribution in [2.75, 3.05) is 51.3 Å². The minimum Gasteiger partial charge on any atom is -0.508 e. The number of halogens is 1. The van der Waals surface area contributed by atoms with E-state index in [2.05, 4.69) is 10.2 Å². The molecule has 0 unspecified atom stereocenters. The van der Waals surface area contributed by atoms with Gasteiger partial charge in [0.05, 0.1) is 16.9 Å². The Morgan fingerprint density at radius 1 is 1.20 bits per heavy atom. The van der Waals surface area contributed by atoms with Gasteiger partial charge in [0.1, 0.15) is 23.6 Å². The van der Waals surface area contributed by atoms with Gasteiger partial charge >= 0.3 is 0 Å². The van der Waals surface area contributed by atoms with Crippen molar-refractivity contribution in [1.82, 2.24) is 14.8 Å². The number of hydrogen-bond acceptors (Lipinski definition) is 6. The Bertz CT molecular complexity index is 1330. The van der Waals surface area contributed by atoms with Gasteiger partial charge in [0.25, 0.3) is 5.91 Å². The third-order valence-electron chi connectivity index (χ3n) is 6.84. The van der Waals surface area contributed by atoms with Gasteiger partial charge in [-0.1, -0.05) is 12.1 Å². The van der Waals surface area contributed by atoms with Crippen molar-refractivity contribution in [3.8, 4) is 11.5 Å². The molecule has 1 amide bonds. The average Bonchev–Trinajstić information content (AvgIpc) is 2.84. The highest BCUT2D eigenvalue weighted by Gasteiger charge is 2.31. The minimum absolute atomic E-state index is 0.0188. The molecule has 8 nitrogen and oxygen atoms in total. The van der Waals surface area contributed by atoms with E-state index < -0.39 is 17.2 Å². The van der Waals surface area contributed by atoms with Crippen LogP contribution in [-0.4, -0.2) is 66.9 Å². The van der Waals surface area contributed by atoms with E-state index in [1.165, 1.54) is 6.07 Å². The number of carbonyl (C=O) groups is 1. The van der Waals surface area contributed by atoms with Gasteiger partial charge in [-0.3, -0.25) is 9.59 Å². The Hall–Kier alpha value is -3.59. The molecule has 3 aromatic rings. The number of likely N-dealkylation sites (N-methyl/N-ethyl adjacent to an activating group) is 1. The summed E-state index contributed by atoms with van der Waals surface area (Å²) < 4.78 is 23.3. The van der Waals surface area contributed by atoms with Gasteiger partial charge in [0.2, 0.25) is 5.43 Å². The van der Waals surface area contributed by atoms with E-state index in [1.54, 1.807) is 30.5 Å². The molecule has 0 bridgehead atoms. The molecule has 1 fully saturated rings.